The van der Waals surface area contributed by atoms with Crippen LogP contribution in [0.5, 0.6) is 0 Å². The summed E-state index contributed by atoms with van der Waals surface area (Å²) in [5.41, 5.74) is 7.28. The van der Waals surface area contributed by atoms with Gasteiger partial charge in [-0.05, 0) is 37.6 Å². The van der Waals surface area contributed by atoms with Gasteiger partial charge in [-0.1, -0.05) is 36.0 Å². The van der Waals surface area contributed by atoms with Crippen molar-refractivity contribution in [3.63, 3.8) is 0 Å². The maximum atomic E-state index is 6.18. The Morgan fingerprint density at radius 1 is 1.10 bits per heavy atom. The summed E-state index contributed by atoms with van der Waals surface area (Å²) >= 11 is 12.2. The smallest absolute Gasteiger partial charge is 0.106 e. The molecule has 0 spiro atoms. The van der Waals surface area contributed by atoms with E-state index in [-0.39, 0.29) is 0 Å². The minimum absolute atomic E-state index is 0.669. The van der Waals surface area contributed by atoms with Gasteiger partial charge in [0.05, 0.1) is 16.9 Å². The van der Waals surface area contributed by atoms with Gasteiger partial charge in [0, 0.05) is 17.0 Å². The number of unbranched alkanes of at least 4 members (excludes halogenated alkanes) is 3. The number of nitrogens with one attached hydrogen (secondary N) is 1. The largest absolute Gasteiger partial charge is 0.342 e. The zero-order valence-electron chi connectivity index (χ0n) is 11.3. The molecule has 3 N–H and O–H groups in total. The standard InChI is InChI=1S/C15H19Cl2N3/c16-11-6-7-13(17)12(9-11)14-10-19-15(20-14)5-3-1-2-4-8-18/h6-7,9-10H,1-5,8,18H2,(H,19,20). The molecule has 1 heterocycles. The van der Waals surface area contributed by atoms with E-state index in [9.17, 15) is 0 Å². The summed E-state index contributed by atoms with van der Waals surface area (Å²) in [6, 6.07) is 5.43. The summed E-state index contributed by atoms with van der Waals surface area (Å²) in [4.78, 5) is 7.71. The Hall–Kier alpha value is -1.03. The van der Waals surface area contributed by atoms with Crippen LogP contribution in [0.4, 0.5) is 0 Å². The van der Waals surface area contributed by atoms with Gasteiger partial charge >= 0.3 is 0 Å². The van der Waals surface area contributed by atoms with Crippen molar-refractivity contribution < 1.29 is 0 Å². The van der Waals surface area contributed by atoms with Gasteiger partial charge in [-0.15, -0.1) is 0 Å². The normalized spacial score (nSPS) is 10.9. The SMILES string of the molecule is NCCCCCCc1ncc(-c2cc(Cl)ccc2Cl)[nH]1. The third-order valence-electron chi connectivity index (χ3n) is 3.21. The van der Waals surface area contributed by atoms with Crippen LogP contribution in [0.1, 0.15) is 31.5 Å². The minimum atomic E-state index is 0.669. The van der Waals surface area contributed by atoms with E-state index in [0.717, 1.165) is 42.9 Å². The molecule has 2 rings (SSSR count). The minimum Gasteiger partial charge on any atom is -0.342 e. The molecule has 0 radical (unpaired) electrons. The first-order valence-electron chi connectivity index (χ1n) is 6.90. The Bertz CT molecular complexity index is 552. The molecular weight excluding hydrogens is 293 g/mol. The second kappa shape index (κ2) is 7.67. The molecule has 20 heavy (non-hydrogen) atoms. The van der Waals surface area contributed by atoms with E-state index in [4.69, 9.17) is 28.9 Å². The Kier molecular flexibility index (Phi) is 5.89. The molecule has 0 fully saturated rings. The second-order valence-electron chi connectivity index (χ2n) is 4.82. The lowest BCUT2D eigenvalue weighted by Crippen LogP contribution is -1.98. The molecule has 0 unspecified atom stereocenters. The molecule has 0 aliphatic rings. The van der Waals surface area contributed by atoms with Crippen LogP contribution in [0.25, 0.3) is 11.3 Å². The van der Waals surface area contributed by atoms with Crippen LogP contribution in [0, 0.1) is 0 Å². The highest BCUT2D eigenvalue weighted by Gasteiger charge is 2.08. The lowest BCUT2D eigenvalue weighted by atomic mass is 10.1. The fourth-order valence-electron chi connectivity index (χ4n) is 2.12. The molecule has 1 aromatic carbocycles. The number of hydrogen-bond acceptors (Lipinski definition) is 2. The van der Waals surface area contributed by atoms with E-state index in [1.54, 1.807) is 12.1 Å². The fraction of sp³-hybridized carbons (Fsp3) is 0.400. The van der Waals surface area contributed by atoms with Crippen LogP contribution in [-0.4, -0.2) is 16.5 Å². The summed E-state index contributed by atoms with van der Waals surface area (Å²) in [5.74, 6) is 0.990. The lowest BCUT2D eigenvalue weighted by Gasteiger charge is -2.02. The fourth-order valence-corrected chi connectivity index (χ4v) is 2.51. The highest BCUT2D eigenvalue weighted by molar-refractivity contribution is 6.35. The van der Waals surface area contributed by atoms with Gasteiger partial charge in [-0.3, -0.25) is 0 Å². The lowest BCUT2D eigenvalue weighted by molar-refractivity contribution is 0.638. The molecule has 0 amide bonds. The van der Waals surface area contributed by atoms with E-state index in [1.807, 2.05) is 12.3 Å². The van der Waals surface area contributed by atoms with Crippen molar-refractivity contribution in [2.45, 2.75) is 32.1 Å². The highest BCUT2D eigenvalue weighted by Crippen LogP contribution is 2.29. The number of nitrogens with zero attached hydrogens (tertiary/aromatic N) is 1. The van der Waals surface area contributed by atoms with Gasteiger partial charge in [-0.2, -0.15) is 0 Å². The average molecular weight is 312 g/mol. The van der Waals surface area contributed by atoms with Gasteiger partial charge in [0.25, 0.3) is 0 Å². The van der Waals surface area contributed by atoms with Gasteiger partial charge in [-0.25, -0.2) is 4.98 Å². The second-order valence-corrected chi connectivity index (χ2v) is 5.66. The third-order valence-corrected chi connectivity index (χ3v) is 3.78. The van der Waals surface area contributed by atoms with E-state index >= 15 is 0 Å². The molecule has 0 bridgehead atoms. The van der Waals surface area contributed by atoms with Gasteiger partial charge in [0.15, 0.2) is 0 Å². The molecule has 108 valence electrons. The molecule has 3 nitrogen and oxygen atoms in total. The van der Waals surface area contributed by atoms with Crippen LogP contribution in [0.3, 0.4) is 0 Å². The van der Waals surface area contributed by atoms with E-state index < -0.39 is 0 Å². The van der Waals surface area contributed by atoms with Gasteiger partial charge in [0.1, 0.15) is 5.82 Å². The van der Waals surface area contributed by atoms with E-state index in [0.29, 0.717) is 10.0 Å². The molecule has 1 aromatic heterocycles. The highest BCUT2D eigenvalue weighted by atomic mass is 35.5. The first-order chi connectivity index (χ1) is 9.70. The third kappa shape index (κ3) is 4.23. The summed E-state index contributed by atoms with van der Waals surface area (Å²) in [6.45, 7) is 0.776. The molecule has 0 atom stereocenters. The number of aryl methyl sites for hydroxylation is 1. The van der Waals surface area contributed by atoms with Crippen molar-refractivity contribution in [1.29, 1.82) is 0 Å². The first-order valence-corrected chi connectivity index (χ1v) is 7.65. The Balaban J connectivity index is 1.96. The van der Waals surface area contributed by atoms with Crippen LogP contribution in [0.2, 0.25) is 10.0 Å². The zero-order valence-corrected chi connectivity index (χ0v) is 12.8. The number of H-pyrrole nitrogens is 1. The van der Waals surface area contributed by atoms with Gasteiger partial charge in [0.2, 0.25) is 0 Å². The molecule has 5 heteroatoms. The number of halogens is 2. The van der Waals surface area contributed by atoms with Crippen LogP contribution >= 0.6 is 23.2 Å². The van der Waals surface area contributed by atoms with Crippen molar-refractivity contribution >= 4 is 23.2 Å². The number of benzene rings is 1. The number of rotatable bonds is 7. The first kappa shape index (κ1) is 15.4. The Morgan fingerprint density at radius 2 is 1.90 bits per heavy atom. The molecule has 0 saturated heterocycles. The summed E-state index contributed by atoms with van der Waals surface area (Å²) in [7, 11) is 0. The van der Waals surface area contributed by atoms with Crippen molar-refractivity contribution in [2.24, 2.45) is 5.73 Å². The number of hydrogen-bond donors (Lipinski definition) is 2. The van der Waals surface area contributed by atoms with Crippen molar-refractivity contribution in [1.82, 2.24) is 9.97 Å². The monoisotopic (exact) mass is 311 g/mol. The Labute approximate surface area is 129 Å². The van der Waals surface area contributed by atoms with Crippen LogP contribution in [-0.2, 0) is 6.42 Å². The predicted molar refractivity (Wildman–Crippen MR) is 85.3 cm³/mol. The van der Waals surface area contributed by atoms with Crippen molar-refractivity contribution in [3.05, 3.63) is 40.3 Å². The molecule has 0 saturated carbocycles. The summed E-state index contributed by atoms with van der Waals surface area (Å²) in [5, 5.41) is 1.34. The van der Waals surface area contributed by atoms with E-state index in [1.165, 1.54) is 12.8 Å². The van der Waals surface area contributed by atoms with E-state index in [2.05, 4.69) is 9.97 Å². The average Bonchev–Trinajstić information content (AvgIpc) is 2.90. The quantitative estimate of drug-likeness (QED) is 0.742. The Morgan fingerprint density at radius 3 is 2.70 bits per heavy atom. The molecular formula is C15H19Cl2N3. The van der Waals surface area contributed by atoms with Crippen LogP contribution < -0.4 is 5.73 Å². The summed E-state index contributed by atoms with van der Waals surface area (Å²) in [6.07, 6.45) is 7.35. The van der Waals surface area contributed by atoms with Crippen LogP contribution in [0.15, 0.2) is 24.4 Å². The number of aromatic amines is 1. The maximum absolute atomic E-state index is 6.18. The van der Waals surface area contributed by atoms with Crippen molar-refractivity contribution in [2.75, 3.05) is 6.54 Å². The zero-order chi connectivity index (χ0) is 14.4. The van der Waals surface area contributed by atoms with Gasteiger partial charge < -0.3 is 10.7 Å². The maximum Gasteiger partial charge on any atom is 0.106 e. The predicted octanol–water partition coefficient (Wildman–Crippen LogP) is 4.45. The molecule has 2 aromatic rings. The van der Waals surface area contributed by atoms with Crippen molar-refractivity contribution in [3.8, 4) is 11.3 Å². The topological polar surface area (TPSA) is 54.7 Å². The summed E-state index contributed by atoms with van der Waals surface area (Å²) < 4.78 is 0. The molecule has 0 aliphatic carbocycles. The number of nitrogens with two attached hydrogens (primary N) is 1. The number of aromatic nitrogens is 2. The molecule has 0 aliphatic heterocycles. The number of imidazole rings is 1.